The van der Waals surface area contributed by atoms with Crippen LogP contribution in [0.15, 0.2) is 48.5 Å². The molecule has 1 fully saturated rings. The van der Waals surface area contributed by atoms with Gasteiger partial charge >= 0.3 is 0 Å². The van der Waals surface area contributed by atoms with Crippen molar-refractivity contribution in [2.45, 2.75) is 25.8 Å². The zero-order valence-corrected chi connectivity index (χ0v) is 17.0. The second-order valence-corrected chi connectivity index (χ2v) is 7.31. The van der Waals surface area contributed by atoms with E-state index in [1.807, 2.05) is 35.2 Å². The van der Waals surface area contributed by atoms with Crippen molar-refractivity contribution in [3.05, 3.63) is 59.7 Å². The van der Waals surface area contributed by atoms with Gasteiger partial charge in [-0.3, -0.25) is 9.59 Å². The van der Waals surface area contributed by atoms with Gasteiger partial charge in [-0.05, 0) is 42.5 Å². The highest BCUT2D eigenvalue weighted by Crippen LogP contribution is 2.28. The topological polar surface area (TPSA) is 67.9 Å². The van der Waals surface area contributed by atoms with Crippen molar-refractivity contribution < 1.29 is 19.1 Å². The third-order valence-corrected chi connectivity index (χ3v) is 5.32. The SMILES string of the molecule is COc1ccc(C(=O)NCC(=O)N(Cc2ccccc2)CC2CCC2)cc1OC. The van der Waals surface area contributed by atoms with Crippen LogP contribution in [0.1, 0.15) is 35.2 Å². The first kappa shape index (κ1) is 20.7. The standard InChI is InChI=1S/C23H28N2O4/c1-28-20-12-11-19(13-21(20)29-2)23(27)24-14-22(26)25(16-18-9-6-10-18)15-17-7-4-3-5-8-17/h3-5,7-8,11-13,18H,6,9-10,14-16H2,1-2H3,(H,24,27). The van der Waals surface area contributed by atoms with Crippen molar-refractivity contribution in [1.29, 1.82) is 0 Å². The predicted octanol–water partition coefficient (Wildman–Crippen LogP) is 3.26. The molecule has 0 heterocycles. The molecule has 0 spiro atoms. The van der Waals surface area contributed by atoms with E-state index in [0.717, 1.165) is 24.9 Å². The molecule has 0 aliphatic heterocycles. The molecule has 0 saturated heterocycles. The van der Waals surface area contributed by atoms with Crippen LogP contribution >= 0.6 is 0 Å². The largest absolute Gasteiger partial charge is 0.493 e. The maximum Gasteiger partial charge on any atom is 0.251 e. The summed E-state index contributed by atoms with van der Waals surface area (Å²) in [4.78, 5) is 27.2. The molecule has 2 aromatic rings. The van der Waals surface area contributed by atoms with E-state index in [0.29, 0.717) is 29.5 Å². The van der Waals surface area contributed by atoms with Gasteiger partial charge in [-0.15, -0.1) is 0 Å². The van der Waals surface area contributed by atoms with E-state index in [1.165, 1.54) is 13.5 Å². The first-order chi connectivity index (χ1) is 14.1. The second-order valence-electron chi connectivity index (χ2n) is 7.31. The molecule has 1 saturated carbocycles. The molecule has 6 heteroatoms. The van der Waals surface area contributed by atoms with Gasteiger partial charge in [0.1, 0.15) is 0 Å². The number of rotatable bonds is 9. The number of carbonyl (C=O) groups excluding carboxylic acids is 2. The summed E-state index contributed by atoms with van der Waals surface area (Å²) in [5, 5.41) is 2.74. The van der Waals surface area contributed by atoms with Gasteiger partial charge in [-0.25, -0.2) is 0 Å². The van der Waals surface area contributed by atoms with Gasteiger partial charge in [0, 0.05) is 18.7 Å². The summed E-state index contributed by atoms with van der Waals surface area (Å²) < 4.78 is 10.4. The number of nitrogens with one attached hydrogen (secondary N) is 1. The van der Waals surface area contributed by atoms with Crippen LogP contribution in [0.25, 0.3) is 0 Å². The molecule has 2 amide bonds. The molecule has 0 radical (unpaired) electrons. The molecule has 154 valence electrons. The normalized spacial score (nSPS) is 13.3. The van der Waals surface area contributed by atoms with Gasteiger partial charge in [0.2, 0.25) is 5.91 Å². The van der Waals surface area contributed by atoms with Crippen molar-refractivity contribution in [3.8, 4) is 11.5 Å². The van der Waals surface area contributed by atoms with Gasteiger partial charge < -0.3 is 19.7 Å². The van der Waals surface area contributed by atoms with Gasteiger partial charge in [0.25, 0.3) is 5.91 Å². The maximum atomic E-state index is 12.8. The minimum absolute atomic E-state index is 0.0350. The fraction of sp³-hybridized carbons (Fsp3) is 0.391. The van der Waals surface area contributed by atoms with Crippen molar-refractivity contribution in [3.63, 3.8) is 0 Å². The lowest BCUT2D eigenvalue weighted by Gasteiger charge is -2.32. The van der Waals surface area contributed by atoms with E-state index in [2.05, 4.69) is 5.32 Å². The van der Waals surface area contributed by atoms with Crippen LogP contribution in [0, 0.1) is 5.92 Å². The molecule has 0 aromatic heterocycles. The van der Waals surface area contributed by atoms with Crippen LogP contribution in [0.2, 0.25) is 0 Å². The Morgan fingerprint density at radius 3 is 2.38 bits per heavy atom. The molecule has 0 atom stereocenters. The van der Waals surface area contributed by atoms with Crippen molar-refractivity contribution in [1.82, 2.24) is 10.2 Å². The number of benzene rings is 2. The van der Waals surface area contributed by atoms with E-state index >= 15 is 0 Å². The highest BCUT2D eigenvalue weighted by atomic mass is 16.5. The summed E-state index contributed by atoms with van der Waals surface area (Å²) in [5.74, 6) is 1.19. The number of amides is 2. The Kier molecular flexibility index (Phi) is 7.11. The van der Waals surface area contributed by atoms with E-state index in [1.54, 1.807) is 25.3 Å². The van der Waals surface area contributed by atoms with Gasteiger partial charge in [0.15, 0.2) is 11.5 Å². The van der Waals surface area contributed by atoms with Crippen LogP contribution in [-0.4, -0.2) is 44.0 Å². The molecule has 29 heavy (non-hydrogen) atoms. The average Bonchev–Trinajstić information content (AvgIpc) is 2.73. The summed E-state index contributed by atoms with van der Waals surface area (Å²) >= 11 is 0. The van der Waals surface area contributed by atoms with Crippen LogP contribution in [0.4, 0.5) is 0 Å². The fourth-order valence-corrected chi connectivity index (χ4v) is 3.39. The summed E-state index contributed by atoms with van der Waals surface area (Å²) in [6.07, 6.45) is 3.56. The van der Waals surface area contributed by atoms with Crippen molar-refractivity contribution >= 4 is 11.8 Å². The third-order valence-electron chi connectivity index (χ3n) is 5.32. The quantitative estimate of drug-likeness (QED) is 0.706. The van der Waals surface area contributed by atoms with Crippen LogP contribution < -0.4 is 14.8 Å². The second kappa shape index (κ2) is 9.96. The monoisotopic (exact) mass is 396 g/mol. The lowest BCUT2D eigenvalue weighted by Crippen LogP contribution is -2.43. The third kappa shape index (κ3) is 5.50. The Morgan fingerprint density at radius 1 is 1.03 bits per heavy atom. The zero-order chi connectivity index (χ0) is 20.6. The highest BCUT2D eigenvalue weighted by Gasteiger charge is 2.24. The molecule has 1 N–H and O–H groups in total. The van der Waals surface area contributed by atoms with E-state index in [4.69, 9.17) is 9.47 Å². The molecule has 0 unspecified atom stereocenters. The van der Waals surface area contributed by atoms with E-state index in [9.17, 15) is 9.59 Å². The molecule has 0 bridgehead atoms. The summed E-state index contributed by atoms with van der Waals surface area (Å²) in [6, 6.07) is 14.9. The summed E-state index contributed by atoms with van der Waals surface area (Å²) in [6.45, 7) is 1.26. The first-order valence-electron chi connectivity index (χ1n) is 9.92. The molecular weight excluding hydrogens is 368 g/mol. The maximum absolute atomic E-state index is 12.8. The Hall–Kier alpha value is -3.02. The number of ether oxygens (including phenoxy) is 2. The lowest BCUT2D eigenvalue weighted by atomic mass is 9.85. The molecular formula is C23H28N2O4. The van der Waals surface area contributed by atoms with E-state index in [-0.39, 0.29) is 18.4 Å². The molecule has 6 nitrogen and oxygen atoms in total. The number of methoxy groups -OCH3 is 2. The van der Waals surface area contributed by atoms with Crippen molar-refractivity contribution in [2.24, 2.45) is 5.92 Å². The average molecular weight is 396 g/mol. The van der Waals surface area contributed by atoms with Gasteiger partial charge in [0.05, 0.1) is 20.8 Å². The summed E-state index contributed by atoms with van der Waals surface area (Å²) in [7, 11) is 3.06. The van der Waals surface area contributed by atoms with Crippen LogP contribution in [0.3, 0.4) is 0 Å². The van der Waals surface area contributed by atoms with Crippen LogP contribution in [-0.2, 0) is 11.3 Å². The number of hydrogen-bond acceptors (Lipinski definition) is 4. The minimum atomic E-state index is -0.317. The minimum Gasteiger partial charge on any atom is -0.493 e. The Labute approximate surface area is 171 Å². The number of hydrogen-bond donors (Lipinski definition) is 1. The molecule has 1 aliphatic rings. The Bertz CT molecular complexity index is 834. The lowest BCUT2D eigenvalue weighted by molar-refractivity contribution is -0.131. The number of carbonyl (C=O) groups is 2. The molecule has 3 rings (SSSR count). The fourth-order valence-electron chi connectivity index (χ4n) is 3.39. The predicted molar refractivity (Wildman–Crippen MR) is 111 cm³/mol. The van der Waals surface area contributed by atoms with Crippen molar-refractivity contribution in [2.75, 3.05) is 27.3 Å². The first-order valence-corrected chi connectivity index (χ1v) is 9.92. The zero-order valence-electron chi connectivity index (χ0n) is 17.0. The van der Waals surface area contributed by atoms with E-state index < -0.39 is 0 Å². The smallest absolute Gasteiger partial charge is 0.251 e. The van der Waals surface area contributed by atoms with Crippen LogP contribution in [0.5, 0.6) is 11.5 Å². The molecule has 2 aromatic carbocycles. The Morgan fingerprint density at radius 2 is 1.76 bits per heavy atom. The molecule has 1 aliphatic carbocycles. The summed E-state index contributed by atoms with van der Waals surface area (Å²) in [5.41, 5.74) is 1.51. The highest BCUT2D eigenvalue weighted by molar-refractivity contribution is 5.97. The van der Waals surface area contributed by atoms with Gasteiger partial charge in [-0.1, -0.05) is 36.8 Å². The Balaban J connectivity index is 1.61. The van der Waals surface area contributed by atoms with Gasteiger partial charge in [-0.2, -0.15) is 0 Å². The number of nitrogens with zero attached hydrogens (tertiary/aromatic N) is 1.